The summed E-state index contributed by atoms with van der Waals surface area (Å²) in [6.45, 7) is 5.19. The summed E-state index contributed by atoms with van der Waals surface area (Å²) in [6, 6.07) is 0. The lowest BCUT2D eigenvalue weighted by molar-refractivity contribution is -0.157. The van der Waals surface area contributed by atoms with Gasteiger partial charge in [-0.15, -0.1) is 0 Å². The van der Waals surface area contributed by atoms with Crippen molar-refractivity contribution in [1.82, 2.24) is 0 Å². The highest BCUT2D eigenvalue weighted by Gasteiger charge is 2.44. The molecular formula is C10H20FNO2. The average molecular weight is 205 g/mol. The largest absolute Gasteiger partial charge is 0.468 e. The van der Waals surface area contributed by atoms with E-state index in [-0.39, 0.29) is 12.5 Å². The summed E-state index contributed by atoms with van der Waals surface area (Å²) < 4.78 is 18.0. The van der Waals surface area contributed by atoms with Gasteiger partial charge in [-0.2, -0.15) is 0 Å². The summed E-state index contributed by atoms with van der Waals surface area (Å²) >= 11 is 0. The number of methoxy groups -OCH3 is 1. The molecule has 4 heteroatoms. The summed E-state index contributed by atoms with van der Waals surface area (Å²) in [7, 11) is 1.26. The Balaban J connectivity index is 4.88. The van der Waals surface area contributed by atoms with Gasteiger partial charge in [-0.25, -0.2) is 4.39 Å². The molecule has 0 fully saturated rings. The Bertz CT molecular complexity index is 195. The Kier molecular flexibility index (Phi) is 5.05. The molecule has 0 saturated heterocycles. The van der Waals surface area contributed by atoms with Crippen molar-refractivity contribution in [2.75, 3.05) is 13.7 Å². The fourth-order valence-corrected chi connectivity index (χ4v) is 1.67. The van der Waals surface area contributed by atoms with Crippen LogP contribution in [0.3, 0.4) is 0 Å². The third kappa shape index (κ3) is 2.67. The van der Waals surface area contributed by atoms with Gasteiger partial charge >= 0.3 is 5.97 Å². The van der Waals surface area contributed by atoms with Crippen molar-refractivity contribution in [3.8, 4) is 0 Å². The number of hydrogen-bond acceptors (Lipinski definition) is 3. The lowest BCUT2D eigenvalue weighted by atomic mass is 9.76. The van der Waals surface area contributed by atoms with Crippen LogP contribution in [0.1, 0.15) is 27.2 Å². The molecule has 0 aliphatic rings. The maximum atomic E-state index is 13.4. The van der Waals surface area contributed by atoms with Crippen molar-refractivity contribution < 1.29 is 13.9 Å². The zero-order valence-corrected chi connectivity index (χ0v) is 9.34. The molecule has 0 heterocycles. The lowest BCUT2D eigenvalue weighted by Gasteiger charge is -2.32. The first-order valence-corrected chi connectivity index (χ1v) is 4.83. The molecule has 0 spiro atoms. The molecule has 2 N–H and O–H groups in total. The molecule has 0 aliphatic heterocycles. The van der Waals surface area contributed by atoms with Gasteiger partial charge in [0.25, 0.3) is 0 Å². The molecule has 2 unspecified atom stereocenters. The number of hydrogen-bond donors (Lipinski definition) is 1. The van der Waals surface area contributed by atoms with Crippen molar-refractivity contribution >= 4 is 5.97 Å². The second-order valence-electron chi connectivity index (χ2n) is 4.07. The quantitative estimate of drug-likeness (QED) is 0.692. The van der Waals surface area contributed by atoms with Gasteiger partial charge in [0.1, 0.15) is 11.6 Å². The lowest BCUT2D eigenvalue weighted by Crippen LogP contribution is -2.47. The Morgan fingerprint density at radius 2 is 2.00 bits per heavy atom. The summed E-state index contributed by atoms with van der Waals surface area (Å²) in [5, 5.41) is 0. The minimum atomic E-state index is -1.29. The molecule has 0 radical (unpaired) electrons. The molecular weight excluding hydrogens is 185 g/mol. The van der Waals surface area contributed by atoms with Crippen LogP contribution in [0.5, 0.6) is 0 Å². The first kappa shape index (κ1) is 13.4. The molecule has 84 valence electrons. The minimum absolute atomic E-state index is 0.0183. The summed E-state index contributed by atoms with van der Waals surface area (Å²) in [5.41, 5.74) is 4.31. The van der Waals surface area contributed by atoms with Crippen LogP contribution in [0.2, 0.25) is 0 Å². The highest BCUT2D eigenvalue weighted by Crippen LogP contribution is 2.32. The van der Waals surface area contributed by atoms with Crippen LogP contribution in [-0.2, 0) is 9.53 Å². The van der Waals surface area contributed by atoms with Crippen LogP contribution >= 0.6 is 0 Å². The van der Waals surface area contributed by atoms with Crippen molar-refractivity contribution in [2.45, 2.75) is 33.4 Å². The molecule has 0 saturated carbocycles. The van der Waals surface area contributed by atoms with Gasteiger partial charge in [0.05, 0.1) is 7.11 Å². The topological polar surface area (TPSA) is 52.3 Å². The molecule has 0 rings (SSSR count). The Morgan fingerprint density at radius 3 is 2.21 bits per heavy atom. The minimum Gasteiger partial charge on any atom is -0.468 e. The number of rotatable bonds is 5. The highest BCUT2D eigenvalue weighted by atomic mass is 19.1. The first-order valence-electron chi connectivity index (χ1n) is 4.83. The van der Waals surface area contributed by atoms with Gasteiger partial charge in [-0.1, -0.05) is 13.8 Å². The molecule has 0 aromatic carbocycles. The zero-order chi connectivity index (χ0) is 11.4. The van der Waals surface area contributed by atoms with E-state index in [1.54, 1.807) is 0 Å². The van der Waals surface area contributed by atoms with E-state index in [1.807, 2.05) is 13.8 Å². The molecule has 0 bridgehead atoms. The van der Waals surface area contributed by atoms with Crippen LogP contribution < -0.4 is 5.73 Å². The number of esters is 1. The number of halogens is 1. The monoisotopic (exact) mass is 205 g/mol. The predicted molar refractivity (Wildman–Crippen MR) is 53.5 cm³/mol. The van der Waals surface area contributed by atoms with E-state index >= 15 is 0 Å². The van der Waals surface area contributed by atoms with E-state index in [1.165, 1.54) is 14.0 Å². The van der Waals surface area contributed by atoms with E-state index in [0.29, 0.717) is 6.42 Å². The normalized spacial score (nSPS) is 17.6. The summed E-state index contributed by atoms with van der Waals surface area (Å²) in [5.74, 6) is -0.348. The van der Waals surface area contributed by atoms with E-state index < -0.39 is 17.6 Å². The fourth-order valence-electron chi connectivity index (χ4n) is 1.67. The number of ether oxygens (including phenoxy) is 1. The third-order valence-corrected chi connectivity index (χ3v) is 2.49. The molecule has 14 heavy (non-hydrogen) atoms. The van der Waals surface area contributed by atoms with Gasteiger partial charge in [-0.05, 0) is 19.3 Å². The molecule has 2 atom stereocenters. The Labute approximate surface area is 84.8 Å². The van der Waals surface area contributed by atoms with Gasteiger partial charge in [0.2, 0.25) is 0 Å². The maximum Gasteiger partial charge on any atom is 0.316 e. The average Bonchev–Trinajstić information content (AvgIpc) is 2.12. The number of carbonyl (C=O) groups excluding carboxylic acids is 1. The van der Waals surface area contributed by atoms with Crippen LogP contribution in [0.15, 0.2) is 0 Å². The molecule has 0 aromatic heterocycles. The van der Waals surface area contributed by atoms with E-state index in [2.05, 4.69) is 4.74 Å². The smallest absolute Gasteiger partial charge is 0.316 e. The van der Waals surface area contributed by atoms with Crippen molar-refractivity contribution in [3.05, 3.63) is 0 Å². The zero-order valence-electron chi connectivity index (χ0n) is 9.34. The number of nitrogens with two attached hydrogens (primary N) is 1. The second-order valence-corrected chi connectivity index (χ2v) is 4.07. The SMILES string of the molecule is COC(=O)C(CN)(CC(C)C)C(C)F. The summed E-state index contributed by atoms with van der Waals surface area (Å²) in [6.07, 6.45) is -0.879. The van der Waals surface area contributed by atoms with E-state index in [0.717, 1.165) is 0 Å². The van der Waals surface area contributed by atoms with Crippen molar-refractivity contribution in [3.63, 3.8) is 0 Å². The molecule has 3 nitrogen and oxygen atoms in total. The number of alkyl halides is 1. The molecule has 0 aromatic rings. The van der Waals surface area contributed by atoms with Gasteiger partial charge in [0.15, 0.2) is 0 Å². The highest BCUT2D eigenvalue weighted by molar-refractivity contribution is 5.77. The second kappa shape index (κ2) is 5.29. The molecule has 0 aliphatic carbocycles. The number of carbonyl (C=O) groups is 1. The Morgan fingerprint density at radius 1 is 1.50 bits per heavy atom. The summed E-state index contributed by atoms with van der Waals surface area (Å²) in [4.78, 5) is 11.5. The Hall–Kier alpha value is -0.640. The third-order valence-electron chi connectivity index (χ3n) is 2.49. The first-order chi connectivity index (χ1) is 6.40. The standard InChI is InChI=1S/C10H20FNO2/c1-7(2)5-10(6-12,8(3)11)9(13)14-4/h7-8H,5-6,12H2,1-4H3. The van der Waals surface area contributed by atoms with Crippen LogP contribution in [-0.4, -0.2) is 25.8 Å². The van der Waals surface area contributed by atoms with Gasteiger partial charge < -0.3 is 10.5 Å². The van der Waals surface area contributed by atoms with Crippen LogP contribution in [0.25, 0.3) is 0 Å². The van der Waals surface area contributed by atoms with Gasteiger partial charge in [-0.3, -0.25) is 4.79 Å². The predicted octanol–water partition coefficient (Wildman–Crippen LogP) is 1.51. The van der Waals surface area contributed by atoms with Crippen molar-refractivity contribution in [1.29, 1.82) is 0 Å². The van der Waals surface area contributed by atoms with E-state index in [4.69, 9.17) is 5.73 Å². The van der Waals surface area contributed by atoms with Crippen LogP contribution in [0, 0.1) is 11.3 Å². The van der Waals surface area contributed by atoms with Crippen molar-refractivity contribution in [2.24, 2.45) is 17.1 Å². The van der Waals surface area contributed by atoms with Gasteiger partial charge in [0, 0.05) is 6.54 Å². The van der Waals surface area contributed by atoms with E-state index in [9.17, 15) is 9.18 Å². The van der Waals surface area contributed by atoms with Crippen LogP contribution in [0.4, 0.5) is 4.39 Å². The maximum absolute atomic E-state index is 13.4. The fraction of sp³-hybridized carbons (Fsp3) is 0.900. The molecule has 0 amide bonds.